The standard InChI is InChI=1S/C35H43F5O5/c1-6-8-9-12-25-13-16-28(31(21-25)45-35(38,39)40)30-22-26-14-15-27(23-29(26)44-30)42-19-10-17-34(36,37)18-11-20-43-32(41)33(5,7-2)24(3)4/h7,13-16,21-24H,2,6,8-12,17-20H2,1,3-5H3. The van der Waals surface area contributed by atoms with Gasteiger partial charge in [-0.2, -0.15) is 0 Å². The van der Waals surface area contributed by atoms with Crippen LogP contribution < -0.4 is 9.47 Å². The summed E-state index contributed by atoms with van der Waals surface area (Å²) < 4.78 is 89.5. The SMILES string of the molecule is C=CC(C)(C(=O)OCCCC(F)(F)CCCOc1ccc2cc(-c3ccc(CCCCC)cc3OC(F)(F)F)oc2c1)C(C)C. The van der Waals surface area contributed by atoms with Crippen LogP contribution in [0.4, 0.5) is 22.0 Å². The maximum absolute atomic E-state index is 14.4. The highest BCUT2D eigenvalue weighted by molar-refractivity contribution is 5.85. The number of furan rings is 1. The van der Waals surface area contributed by atoms with E-state index >= 15 is 0 Å². The average Bonchev–Trinajstić information content (AvgIpc) is 3.39. The lowest BCUT2D eigenvalue weighted by Crippen LogP contribution is -2.33. The Hall–Kier alpha value is -3.56. The van der Waals surface area contributed by atoms with Crippen LogP contribution in [0.5, 0.6) is 11.5 Å². The van der Waals surface area contributed by atoms with Gasteiger partial charge in [0.25, 0.3) is 0 Å². The fourth-order valence-electron chi connectivity index (χ4n) is 4.80. The Kier molecular flexibility index (Phi) is 12.5. The first-order valence-corrected chi connectivity index (χ1v) is 15.4. The number of aryl methyl sites for hydroxylation is 1. The Morgan fingerprint density at radius 3 is 2.31 bits per heavy atom. The van der Waals surface area contributed by atoms with Gasteiger partial charge in [-0.05, 0) is 74.4 Å². The van der Waals surface area contributed by atoms with Crippen molar-refractivity contribution in [1.82, 2.24) is 0 Å². The number of alkyl halides is 5. The number of unbranched alkanes of at least 4 members (excludes halogenated alkanes) is 2. The summed E-state index contributed by atoms with van der Waals surface area (Å²) in [6, 6.07) is 11.2. The van der Waals surface area contributed by atoms with Gasteiger partial charge < -0.3 is 18.6 Å². The molecule has 0 aliphatic carbocycles. The Bertz CT molecular complexity index is 1410. The number of hydrogen-bond donors (Lipinski definition) is 0. The van der Waals surface area contributed by atoms with E-state index in [1.807, 2.05) is 13.8 Å². The van der Waals surface area contributed by atoms with Gasteiger partial charge in [0, 0.05) is 24.3 Å². The van der Waals surface area contributed by atoms with Crippen LogP contribution in [0.25, 0.3) is 22.3 Å². The molecule has 1 heterocycles. The fraction of sp³-hybridized carbons (Fsp3) is 0.514. The van der Waals surface area contributed by atoms with Crippen LogP contribution in [0.1, 0.15) is 78.2 Å². The van der Waals surface area contributed by atoms with Gasteiger partial charge in [0.1, 0.15) is 22.8 Å². The monoisotopic (exact) mass is 638 g/mol. The van der Waals surface area contributed by atoms with Crippen molar-refractivity contribution in [3.63, 3.8) is 0 Å². The van der Waals surface area contributed by atoms with Gasteiger partial charge >= 0.3 is 12.3 Å². The molecular weight excluding hydrogens is 595 g/mol. The van der Waals surface area contributed by atoms with E-state index in [2.05, 4.69) is 18.2 Å². The van der Waals surface area contributed by atoms with Crippen molar-refractivity contribution in [2.24, 2.45) is 11.3 Å². The van der Waals surface area contributed by atoms with Gasteiger partial charge in [-0.1, -0.05) is 45.8 Å². The smallest absolute Gasteiger partial charge is 0.493 e. The van der Waals surface area contributed by atoms with Gasteiger partial charge in [-0.3, -0.25) is 4.79 Å². The van der Waals surface area contributed by atoms with Crippen molar-refractivity contribution in [1.29, 1.82) is 0 Å². The van der Waals surface area contributed by atoms with Crippen LogP contribution >= 0.6 is 0 Å². The van der Waals surface area contributed by atoms with E-state index in [1.54, 1.807) is 43.3 Å². The lowest BCUT2D eigenvalue weighted by atomic mass is 9.79. The second-order valence-corrected chi connectivity index (χ2v) is 11.8. The van der Waals surface area contributed by atoms with E-state index in [1.165, 1.54) is 12.1 Å². The van der Waals surface area contributed by atoms with Crippen molar-refractivity contribution in [2.75, 3.05) is 13.2 Å². The average molecular weight is 639 g/mol. The molecule has 2 aromatic carbocycles. The summed E-state index contributed by atoms with van der Waals surface area (Å²) in [6.45, 7) is 11.1. The summed E-state index contributed by atoms with van der Waals surface area (Å²) >= 11 is 0. The molecule has 10 heteroatoms. The van der Waals surface area contributed by atoms with Crippen LogP contribution in [0, 0.1) is 11.3 Å². The molecule has 45 heavy (non-hydrogen) atoms. The highest BCUT2D eigenvalue weighted by atomic mass is 19.4. The Balaban J connectivity index is 1.55. The number of esters is 1. The van der Waals surface area contributed by atoms with Crippen LogP contribution in [0.2, 0.25) is 0 Å². The lowest BCUT2D eigenvalue weighted by molar-refractivity contribution is -0.274. The van der Waals surface area contributed by atoms with Crippen LogP contribution in [-0.2, 0) is 16.0 Å². The maximum atomic E-state index is 14.4. The van der Waals surface area contributed by atoms with Crippen molar-refractivity contribution in [2.45, 2.75) is 91.3 Å². The molecule has 5 nitrogen and oxygen atoms in total. The number of carbonyl (C=O) groups is 1. The van der Waals surface area contributed by atoms with Crippen molar-refractivity contribution < 1.29 is 45.4 Å². The molecule has 0 saturated heterocycles. The van der Waals surface area contributed by atoms with Crippen LogP contribution in [-0.4, -0.2) is 31.5 Å². The van der Waals surface area contributed by atoms with Gasteiger partial charge in [0.05, 0.1) is 24.2 Å². The van der Waals surface area contributed by atoms with E-state index in [0.29, 0.717) is 23.1 Å². The minimum atomic E-state index is -4.87. The second-order valence-electron chi connectivity index (χ2n) is 11.8. The third-order valence-corrected chi connectivity index (χ3v) is 8.04. The number of fused-ring (bicyclic) bond motifs is 1. The molecule has 248 valence electrons. The van der Waals surface area contributed by atoms with E-state index in [-0.39, 0.29) is 49.0 Å². The predicted molar refractivity (Wildman–Crippen MR) is 165 cm³/mol. The first-order chi connectivity index (χ1) is 21.2. The first kappa shape index (κ1) is 35.9. The van der Waals surface area contributed by atoms with Crippen molar-refractivity contribution in [3.05, 3.63) is 60.7 Å². The van der Waals surface area contributed by atoms with Gasteiger partial charge in [0.2, 0.25) is 5.92 Å². The first-order valence-electron chi connectivity index (χ1n) is 15.4. The predicted octanol–water partition coefficient (Wildman–Crippen LogP) is 10.7. The zero-order chi connectivity index (χ0) is 33.3. The number of hydrogen-bond acceptors (Lipinski definition) is 5. The van der Waals surface area contributed by atoms with Crippen molar-refractivity contribution >= 4 is 16.9 Å². The van der Waals surface area contributed by atoms with E-state index in [0.717, 1.165) is 24.8 Å². The third-order valence-electron chi connectivity index (χ3n) is 8.04. The Morgan fingerprint density at radius 1 is 0.956 bits per heavy atom. The highest BCUT2D eigenvalue weighted by Crippen LogP contribution is 2.38. The highest BCUT2D eigenvalue weighted by Gasteiger charge is 2.35. The fourth-order valence-corrected chi connectivity index (χ4v) is 4.80. The van der Waals surface area contributed by atoms with Crippen molar-refractivity contribution in [3.8, 4) is 22.8 Å². The zero-order valence-corrected chi connectivity index (χ0v) is 26.4. The summed E-state index contributed by atoms with van der Waals surface area (Å²) in [6.07, 6.45) is -0.593. The molecule has 0 aliphatic heterocycles. The summed E-state index contributed by atoms with van der Waals surface area (Å²) in [5.74, 6) is -3.22. The summed E-state index contributed by atoms with van der Waals surface area (Å²) in [4.78, 5) is 12.3. The molecule has 3 rings (SSSR count). The summed E-state index contributed by atoms with van der Waals surface area (Å²) in [7, 11) is 0. The lowest BCUT2D eigenvalue weighted by Gasteiger charge is -2.27. The van der Waals surface area contributed by atoms with Gasteiger partial charge in [0.15, 0.2) is 0 Å². The molecule has 0 spiro atoms. The number of benzene rings is 2. The number of carbonyl (C=O) groups excluding carboxylic acids is 1. The molecule has 0 radical (unpaired) electrons. The largest absolute Gasteiger partial charge is 0.573 e. The quantitative estimate of drug-likeness (QED) is 0.0601. The summed E-state index contributed by atoms with van der Waals surface area (Å²) in [5, 5.41) is 0.636. The molecule has 0 fully saturated rings. The van der Waals surface area contributed by atoms with Crippen LogP contribution in [0.15, 0.2) is 59.5 Å². The molecular formula is C35H43F5O5. The van der Waals surface area contributed by atoms with E-state index in [4.69, 9.17) is 13.9 Å². The molecule has 0 N–H and O–H groups in total. The third kappa shape index (κ3) is 10.5. The number of rotatable bonds is 18. The molecule has 1 unspecified atom stereocenters. The molecule has 0 aliphatic rings. The molecule has 1 atom stereocenters. The Morgan fingerprint density at radius 2 is 1.67 bits per heavy atom. The molecule has 0 bridgehead atoms. The molecule has 0 amide bonds. The number of halogens is 5. The molecule has 1 aromatic heterocycles. The molecule has 0 saturated carbocycles. The van der Waals surface area contributed by atoms with Gasteiger partial charge in [-0.15, -0.1) is 19.8 Å². The zero-order valence-electron chi connectivity index (χ0n) is 26.4. The summed E-state index contributed by atoms with van der Waals surface area (Å²) in [5.41, 5.74) is 0.406. The molecule has 3 aromatic rings. The van der Waals surface area contributed by atoms with E-state index in [9.17, 15) is 26.7 Å². The Labute approximate surface area is 261 Å². The maximum Gasteiger partial charge on any atom is 0.573 e. The minimum Gasteiger partial charge on any atom is -0.493 e. The minimum absolute atomic E-state index is 0.0266. The topological polar surface area (TPSA) is 57.9 Å². The number of ether oxygens (including phenoxy) is 3. The van der Waals surface area contributed by atoms with Gasteiger partial charge in [-0.25, -0.2) is 8.78 Å². The van der Waals surface area contributed by atoms with Crippen LogP contribution in [0.3, 0.4) is 0 Å². The van der Waals surface area contributed by atoms with E-state index < -0.39 is 36.5 Å². The second kappa shape index (κ2) is 15.6. The normalized spacial score (nSPS) is 13.6.